The molecular formula is C19H28ClN. The Kier molecular flexibility index (Phi) is 4.91. The SMILES string of the molecule is CCCNC(CC1CC2CCC1C2)c1cc(Cl)ccc1C. The van der Waals surface area contributed by atoms with Crippen LogP contribution in [0.4, 0.5) is 0 Å². The van der Waals surface area contributed by atoms with Gasteiger partial charge in [-0.25, -0.2) is 0 Å². The number of halogens is 1. The van der Waals surface area contributed by atoms with Crippen LogP contribution in [0.1, 0.15) is 62.6 Å². The van der Waals surface area contributed by atoms with Crippen molar-refractivity contribution in [1.29, 1.82) is 0 Å². The maximum Gasteiger partial charge on any atom is 0.0409 e. The predicted octanol–water partition coefficient (Wildman–Crippen LogP) is 5.52. The lowest BCUT2D eigenvalue weighted by Crippen LogP contribution is -2.27. The molecule has 1 nitrogen and oxygen atoms in total. The van der Waals surface area contributed by atoms with Crippen LogP contribution in [0.3, 0.4) is 0 Å². The van der Waals surface area contributed by atoms with Crippen molar-refractivity contribution in [3.63, 3.8) is 0 Å². The largest absolute Gasteiger partial charge is 0.310 e. The zero-order valence-electron chi connectivity index (χ0n) is 13.4. The van der Waals surface area contributed by atoms with Gasteiger partial charge in [-0.1, -0.05) is 31.0 Å². The first-order valence-corrected chi connectivity index (χ1v) is 9.04. The van der Waals surface area contributed by atoms with Crippen molar-refractivity contribution in [3.05, 3.63) is 34.3 Å². The van der Waals surface area contributed by atoms with E-state index in [1.165, 1.54) is 49.7 Å². The summed E-state index contributed by atoms with van der Waals surface area (Å²) in [4.78, 5) is 0. The third kappa shape index (κ3) is 3.46. The average Bonchev–Trinajstić information content (AvgIpc) is 3.08. The minimum atomic E-state index is 0.480. The van der Waals surface area contributed by atoms with Crippen molar-refractivity contribution in [2.45, 2.75) is 58.4 Å². The molecular weight excluding hydrogens is 278 g/mol. The van der Waals surface area contributed by atoms with Gasteiger partial charge in [0.2, 0.25) is 0 Å². The zero-order valence-corrected chi connectivity index (χ0v) is 14.1. The van der Waals surface area contributed by atoms with Gasteiger partial charge in [-0.3, -0.25) is 0 Å². The van der Waals surface area contributed by atoms with Crippen LogP contribution in [0, 0.1) is 24.7 Å². The second kappa shape index (κ2) is 6.71. The van der Waals surface area contributed by atoms with Crippen LogP contribution in [0.2, 0.25) is 5.02 Å². The van der Waals surface area contributed by atoms with Crippen LogP contribution in [-0.2, 0) is 0 Å². The lowest BCUT2D eigenvalue weighted by atomic mass is 9.82. The van der Waals surface area contributed by atoms with E-state index < -0.39 is 0 Å². The van der Waals surface area contributed by atoms with E-state index >= 15 is 0 Å². The molecule has 2 aliphatic carbocycles. The topological polar surface area (TPSA) is 12.0 Å². The molecule has 21 heavy (non-hydrogen) atoms. The van der Waals surface area contributed by atoms with Gasteiger partial charge in [-0.05, 0) is 86.6 Å². The van der Waals surface area contributed by atoms with Crippen molar-refractivity contribution in [2.24, 2.45) is 17.8 Å². The Hall–Kier alpha value is -0.530. The summed E-state index contributed by atoms with van der Waals surface area (Å²) in [6.07, 6.45) is 8.41. The molecule has 1 aromatic carbocycles. The van der Waals surface area contributed by atoms with Crippen LogP contribution < -0.4 is 5.32 Å². The average molecular weight is 306 g/mol. The molecule has 0 radical (unpaired) electrons. The van der Waals surface area contributed by atoms with Crippen molar-refractivity contribution in [1.82, 2.24) is 5.32 Å². The Morgan fingerprint density at radius 1 is 1.29 bits per heavy atom. The molecule has 2 aliphatic rings. The Morgan fingerprint density at radius 2 is 2.14 bits per heavy atom. The van der Waals surface area contributed by atoms with Gasteiger partial charge < -0.3 is 5.32 Å². The Morgan fingerprint density at radius 3 is 2.81 bits per heavy atom. The van der Waals surface area contributed by atoms with Gasteiger partial charge in [0.1, 0.15) is 0 Å². The standard InChI is InChI=1S/C19H28ClN/c1-3-8-21-19(18-12-17(20)7-4-13(18)2)11-16-10-14-5-6-15(16)9-14/h4,7,12,14-16,19,21H,3,5-6,8-11H2,1-2H3. The second-order valence-corrected chi connectivity index (χ2v) is 7.61. The highest BCUT2D eigenvalue weighted by atomic mass is 35.5. The molecule has 0 spiro atoms. The van der Waals surface area contributed by atoms with Crippen molar-refractivity contribution in [2.75, 3.05) is 6.54 Å². The third-order valence-corrected chi connectivity index (χ3v) is 5.92. The lowest BCUT2D eigenvalue weighted by Gasteiger charge is -2.28. The Labute approximate surface area is 134 Å². The highest BCUT2D eigenvalue weighted by Crippen LogP contribution is 2.51. The number of benzene rings is 1. The number of hydrogen-bond acceptors (Lipinski definition) is 1. The number of fused-ring (bicyclic) bond motifs is 2. The van der Waals surface area contributed by atoms with E-state index in [4.69, 9.17) is 11.6 Å². The fourth-order valence-corrected chi connectivity index (χ4v) is 4.77. The van der Waals surface area contributed by atoms with Gasteiger partial charge in [0.05, 0.1) is 0 Å². The van der Waals surface area contributed by atoms with E-state index in [2.05, 4.69) is 31.3 Å². The number of aryl methyl sites for hydroxylation is 1. The normalized spacial score (nSPS) is 29.0. The van der Waals surface area contributed by atoms with Gasteiger partial charge in [0.15, 0.2) is 0 Å². The molecule has 4 unspecified atom stereocenters. The van der Waals surface area contributed by atoms with Crippen LogP contribution in [0.25, 0.3) is 0 Å². The minimum absolute atomic E-state index is 0.480. The van der Waals surface area contributed by atoms with E-state index in [1.54, 1.807) is 0 Å². The molecule has 0 amide bonds. The molecule has 4 atom stereocenters. The third-order valence-electron chi connectivity index (χ3n) is 5.68. The number of nitrogens with one attached hydrogen (secondary N) is 1. The monoisotopic (exact) mass is 305 g/mol. The molecule has 0 aromatic heterocycles. The molecule has 1 aromatic rings. The molecule has 2 heteroatoms. The number of rotatable bonds is 6. The molecule has 1 N–H and O–H groups in total. The fourth-order valence-electron chi connectivity index (χ4n) is 4.59. The van der Waals surface area contributed by atoms with E-state index in [9.17, 15) is 0 Å². The molecule has 116 valence electrons. The smallest absolute Gasteiger partial charge is 0.0409 e. The van der Waals surface area contributed by atoms with Crippen molar-refractivity contribution in [3.8, 4) is 0 Å². The van der Waals surface area contributed by atoms with Gasteiger partial charge in [-0.15, -0.1) is 0 Å². The summed E-state index contributed by atoms with van der Waals surface area (Å²) < 4.78 is 0. The zero-order chi connectivity index (χ0) is 14.8. The molecule has 0 heterocycles. The lowest BCUT2D eigenvalue weighted by molar-refractivity contribution is 0.279. The summed E-state index contributed by atoms with van der Waals surface area (Å²) in [7, 11) is 0. The molecule has 3 rings (SSSR count). The van der Waals surface area contributed by atoms with Crippen LogP contribution >= 0.6 is 11.6 Å². The van der Waals surface area contributed by atoms with Gasteiger partial charge in [-0.2, -0.15) is 0 Å². The molecule has 2 fully saturated rings. The van der Waals surface area contributed by atoms with E-state index in [1.807, 2.05) is 6.07 Å². The summed E-state index contributed by atoms with van der Waals surface area (Å²) >= 11 is 6.25. The maximum absolute atomic E-state index is 6.25. The number of hydrogen-bond donors (Lipinski definition) is 1. The van der Waals surface area contributed by atoms with Crippen LogP contribution in [0.15, 0.2) is 18.2 Å². The minimum Gasteiger partial charge on any atom is -0.310 e. The summed E-state index contributed by atoms with van der Waals surface area (Å²) in [5.74, 6) is 2.96. The quantitative estimate of drug-likeness (QED) is 0.730. The van der Waals surface area contributed by atoms with Crippen LogP contribution in [0.5, 0.6) is 0 Å². The molecule has 2 saturated carbocycles. The predicted molar refractivity (Wildman–Crippen MR) is 90.8 cm³/mol. The summed E-state index contributed by atoms with van der Waals surface area (Å²) in [6.45, 7) is 5.55. The van der Waals surface area contributed by atoms with E-state index in [0.29, 0.717) is 6.04 Å². The van der Waals surface area contributed by atoms with Crippen LogP contribution in [-0.4, -0.2) is 6.54 Å². The summed E-state index contributed by atoms with van der Waals surface area (Å²) in [6, 6.07) is 6.83. The highest BCUT2D eigenvalue weighted by Gasteiger charge is 2.40. The van der Waals surface area contributed by atoms with Crippen molar-refractivity contribution < 1.29 is 0 Å². The molecule has 2 bridgehead atoms. The summed E-state index contributed by atoms with van der Waals surface area (Å²) in [5.41, 5.74) is 2.79. The molecule has 0 aliphatic heterocycles. The summed E-state index contributed by atoms with van der Waals surface area (Å²) in [5, 5.41) is 4.65. The van der Waals surface area contributed by atoms with Gasteiger partial charge in [0, 0.05) is 11.1 Å². The van der Waals surface area contributed by atoms with Gasteiger partial charge >= 0.3 is 0 Å². The van der Waals surface area contributed by atoms with E-state index in [0.717, 1.165) is 29.3 Å². The van der Waals surface area contributed by atoms with E-state index in [-0.39, 0.29) is 0 Å². The van der Waals surface area contributed by atoms with Gasteiger partial charge in [0.25, 0.3) is 0 Å². The first kappa shape index (κ1) is 15.4. The maximum atomic E-state index is 6.25. The first-order valence-electron chi connectivity index (χ1n) is 8.66. The second-order valence-electron chi connectivity index (χ2n) is 7.18. The highest BCUT2D eigenvalue weighted by molar-refractivity contribution is 6.30. The molecule has 0 saturated heterocycles. The first-order chi connectivity index (χ1) is 10.2. The fraction of sp³-hybridized carbons (Fsp3) is 0.684. The Bertz CT molecular complexity index is 484. The Balaban J connectivity index is 1.75. The van der Waals surface area contributed by atoms with Crippen molar-refractivity contribution >= 4 is 11.6 Å².